The first kappa shape index (κ1) is 29.8. The number of hydrogen-bond donors (Lipinski definition) is 2. The molecule has 2 bridgehead atoms. The number of carbonyl (C=O) groups is 5. The Morgan fingerprint density at radius 2 is 1.49 bits per heavy atom. The summed E-state index contributed by atoms with van der Waals surface area (Å²) in [6.07, 6.45) is 6.24. The first-order chi connectivity index (χ1) is 20.9. The fraction of sp³-hybridized carbons (Fsp3) is 0.467. The molecular weight excluding hydrogens is 554 g/mol. The predicted molar refractivity (Wildman–Crippen MR) is 157 cm³/mol. The highest BCUT2D eigenvalue weighted by Crippen LogP contribution is 2.34. The number of piperazine rings is 2. The minimum atomic E-state index is -0.359. The van der Waals surface area contributed by atoms with Crippen LogP contribution < -0.4 is 20.3 Å². The van der Waals surface area contributed by atoms with Gasteiger partial charge in [-0.15, -0.1) is 0 Å². The fourth-order valence-electron chi connectivity index (χ4n) is 5.39. The lowest BCUT2D eigenvalue weighted by atomic mass is 10.1. The molecule has 2 aromatic rings. The van der Waals surface area contributed by atoms with Gasteiger partial charge in [0.25, 0.3) is 5.91 Å². The molecule has 0 spiro atoms. The van der Waals surface area contributed by atoms with Crippen molar-refractivity contribution in [3.8, 4) is 5.75 Å². The predicted octanol–water partition coefficient (Wildman–Crippen LogP) is 0.532. The lowest BCUT2D eigenvalue weighted by Gasteiger charge is -2.32. The maximum atomic E-state index is 13.9. The van der Waals surface area contributed by atoms with Crippen LogP contribution in [0.3, 0.4) is 0 Å². The lowest BCUT2D eigenvalue weighted by molar-refractivity contribution is -0.138. The molecule has 1 aromatic carbocycles. The molecule has 13 heteroatoms. The summed E-state index contributed by atoms with van der Waals surface area (Å²) in [7, 11) is 0. The van der Waals surface area contributed by atoms with E-state index in [-0.39, 0.29) is 61.3 Å². The summed E-state index contributed by atoms with van der Waals surface area (Å²) in [5.41, 5.74) is 1.39. The molecule has 0 saturated carbocycles. The Kier molecular flexibility index (Phi) is 9.70. The van der Waals surface area contributed by atoms with E-state index in [0.717, 1.165) is 19.3 Å². The second-order valence-corrected chi connectivity index (χ2v) is 10.8. The number of hydrogen-bond acceptors (Lipinski definition) is 8. The number of nitrogens with zero attached hydrogens (tertiary/aromatic N) is 5. The van der Waals surface area contributed by atoms with Gasteiger partial charge in [0.05, 0.1) is 42.8 Å². The molecule has 228 valence electrons. The summed E-state index contributed by atoms with van der Waals surface area (Å²) in [6, 6.07) is 9.06. The molecule has 13 nitrogen and oxygen atoms in total. The number of amides is 5. The normalized spacial score (nSPS) is 18.5. The van der Waals surface area contributed by atoms with Crippen LogP contribution in [0.15, 0.2) is 42.7 Å². The largest absolute Gasteiger partial charge is 0.491 e. The van der Waals surface area contributed by atoms with Crippen LogP contribution in [0.2, 0.25) is 0 Å². The van der Waals surface area contributed by atoms with E-state index in [1.807, 2.05) is 24.3 Å². The zero-order valence-corrected chi connectivity index (χ0v) is 24.1. The molecule has 2 fully saturated rings. The quantitative estimate of drug-likeness (QED) is 0.524. The van der Waals surface area contributed by atoms with E-state index in [9.17, 15) is 24.0 Å². The Bertz CT molecular complexity index is 1370. The molecule has 5 amide bonds. The van der Waals surface area contributed by atoms with Crippen LogP contribution in [0, 0.1) is 0 Å². The summed E-state index contributed by atoms with van der Waals surface area (Å²) in [5, 5.41) is 5.44. The van der Waals surface area contributed by atoms with Crippen LogP contribution >= 0.6 is 0 Å². The van der Waals surface area contributed by atoms with E-state index < -0.39 is 0 Å². The van der Waals surface area contributed by atoms with E-state index in [0.29, 0.717) is 62.9 Å². The topological polar surface area (TPSA) is 144 Å². The first-order valence-corrected chi connectivity index (χ1v) is 14.7. The summed E-state index contributed by atoms with van der Waals surface area (Å²) < 4.78 is 6.17. The minimum Gasteiger partial charge on any atom is -0.491 e. The van der Waals surface area contributed by atoms with Gasteiger partial charge in [0, 0.05) is 38.9 Å². The van der Waals surface area contributed by atoms with Crippen molar-refractivity contribution in [1.82, 2.24) is 30.3 Å². The van der Waals surface area contributed by atoms with E-state index >= 15 is 0 Å². The van der Waals surface area contributed by atoms with E-state index in [1.54, 1.807) is 17.2 Å². The summed E-state index contributed by atoms with van der Waals surface area (Å²) >= 11 is 0. The van der Waals surface area contributed by atoms with Crippen LogP contribution in [0.1, 0.15) is 36.0 Å². The van der Waals surface area contributed by atoms with Crippen LogP contribution in [-0.2, 0) is 19.2 Å². The van der Waals surface area contributed by atoms with Crippen molar-refractivity contribution in [2.45, 2.75) is 25.7 Å². The highest BCUT2D eigenvalue weighted by molar-refractivity contribution is 5.98. The molecule has 4 heterocycles. The van der Waals surface area contributed by atoms with Gasteiger partial charge in [-0.25, -0.2) is 0 Å². The van der Waals surface area contributed by atoms with Gasteiger partial charge in [0.1, 0.15) is 18.8 Å². The van der Waals surface area contributed by atoms with Gasteiger partial charge in [-0.05, 0) is 31.0 Å². The number of nitrogens with one attached hydrogen (secondary N) is 2. The number of aromatic nitrogens is 1. The molecule has 0 radical (unpaired) electrons. The van der Waals surface area contributed by atoms with Crippen molar-refractivity contribution in [3.63, 3.8) is 0 Å². The third kappa shape index (κ3) is 7.59. The average Bonchev–Trinajstić information content (AvgIpc) is 3.02. The summed E-state index contributed by atoms with van der Waals surface area (Å²) in [4.78, 5) is 74.9. The SMILES string of the molecule is O=C1CN(C(=O)CN2CCCCCCOc3ccccc3N(CC(=O)N3CCNC(=O)C3)c3cncc(c3)C2=O)CCN1. The van der Waals surface area contributed by atoms with Crippen LogP contribution in [-0.4, -0.2) is 115 Å². The highest BCUT2D eigenvalue weighted by Gasteiger charge is 2.28. The third-order valence-corrected chi connectivity index (χ3v) is 7.71. The van der Waals surface area contributed by atoms with Crippen molar-refractivity contribution in [2.75, 3.05) is 70.4 Å². The Morgan fingerprint density at radius 1 is 0.814 bits per heavy atom. The van der Waals surface area contributed by atoms with Crippen molar-refractivity contribution in [2.24, 2.45) is 0 Å². The second-order valence-electron chi connectivity index (χ2n) is 10.8. The molecule has 0 unspecified atom stereocenters. The molecule has 0 atom stereocenters. The van der Waals surface area contributed by atoms with Crippen molar-refractivity contribution in [3.05, 3.63) is 48.3 Å². The van der Waals surface area contributed by atoms with Crippen molar-refractivity contribution in [1.29, 1.82) is 0 Å². The number of pyridine rings is 1. The number of para-hydroxylation sites is 2. The van der Waals surface area contributed by atoms with Crippen LogP contribution in [0.4, 0.5) is 11.4 Å². The number of benzene rings is 1. The van der Waals surface area contributed by atoms with Gasteiger partial charge < -0.3 is 35.0 Å². The zero-order valence-electron chi connectivity index (χ0n) is 24.1. The molecule has 5 rings (SSSR count). The average molecular weight is 592 g/mol. The Morgan fingerprint density at radius 3 is 2.21 bits per heavy atom. The standard InChI is InChI=1S/C30H37N7O6/c38-26-18-34(12-9-32-26)28(40)20-36-11-5-1-2-6-14-43-25-8-4-3-7-24(25)37(23-15-22(30(36)42)16-31-17-23)21-29(41)35-13-10-33-27(39)19-35/h3-4,7-8,15-17H,1-2,5-6,9-14,18-21H2,(H,32,38)(H,33,39). The van der Waals surface area contributed by atoms with Gasteiger partial charge in [0.15, 0.2) is 0 Å². The molecule has 3 aliphatic rings. The molecule has 2 N–H and O–H groups in total. The van der Waals surface area contributed by atoms with Crippen molar-refractivity contribution >= 4 is 40.9 Å². The first-order valence-electron chi connectivity index (χ1n) is 14.7. The maximum Gasteiger partial charge on any atom is 0.255 e. The van der Waals surface area contributed by atoms with Gasteiger partial charge in [-0.3, -0.25) is 29.0 Å². The zero-order chi connectivity index (χ0) is 30.2. The molecule has 2 saturated heterocycles. The maximum absolute atomic E-state index is 13.9. The van der Waals surface area contributed by atoms with Crippen LogP contribution in [0.5, 0.6) is 5.75 Å². The Hall–Kier alpha value is -4.68. The van der Waals surface area contributed by atoms with E-state index in [1.165, 1.54) is 20.9 Å². The lowest BCUT2D eigenvalue weighted by Crippen LogP contribution is -2.53. The monoisotopic (exact) mass is 591 g/mol. The molecule has 3 aliphatic heterocycles. The Labute approximate surface area is 250 Å². The number of carbonyl (C=O) groups excluding carboxylic acids is 5. The molecule has 0 aliphatic carbocycles. The minimum absolute atomic E-state index is 0.0245. The summed E-state index contributed by atoms with van der Waals surface area (Å²) in [6.45, 7) is 2.09. The van der Waals surface area contributed by atoms with Crippen LogP contribution in [0.25, 0.3) is 0 Å². The second kappa shape index (κ2) is 14.0. The summed E-state index contributed by atoms with van der Waals surface area (Å²) in [5.74, 6) is -0.738. The van der Waals surface area contributed by atoms with Gasteiger partial charge >= 0.3 is 0 Å². The van der Waals surface area contributed by atoms with Gasteiger partial charge in [0.2, 0.25) is 23.6 Å². The highest BCUT2D eigenvalue weighted by atomic mass is 16.5. The Balaban J connectivity index is 1.46. The molecule has 43 heavy (non-hydrogen) atoms. The van der Waals surface area contributed by atoms with E-state index in [4.69, 9.17) is 4.74 Å². The van der Waals surface area contributed by atoms with Gasteiger partial charge in [-0.1, -0.05) is 25.0 Å². The number of fused-ring (bicyclic) bond motifs is 3. The smallest absolute Gasteiger partial charge is 0.255 e. The number of rotatable bonds is 4. The van der Waals surface area contributed by atoms with E-state index in [2.05, 4.69) is 15.6 Å². The van der Waals surface area contributed by atoms with Gasteiger partial charge in [-0.2, -0.15) is 0 Å². The molecular formula is C30H37N7O6. The number of anilines is 2. The fourth-order valence-corrected chi connectivity index (χ4v) is 5.39. The third-order valence-electron chi connectivity index (χ3n) is 7.71. The van der Waals surface area contributed by atoms with Crippen molar-refractivity contribution < 1.29 is 28.7 Å². The molecule has 1 aromatic heterocycles. The number of ether oxygens (including phenoxy) is 1.